The molecule has 0 amide bonds. The number of nitrogens with zero attached hydrogens (tertiary/aromatic N) is 4. The van der Waals surface area contributed by atoms with Gasteiger partial charge in [-0.15, -0.1) is 0 Å². The number of halogens is 1. The molecule has 0 atom stereocenters. The molecular weight excluding hydrogens is 451 g/mol. The van der Waals surface area contributed by atoms with Crippen molar-refractivity contribution in [1.29, 1.82) is 5.26 Å². The minimum atomic E-state index is -3.92. The van der Waals surface area contributed by atoms with Gasteiger partial charge in [0.2, 0.25) is 9.84 Å². The summed E-state index contributed by atoms with van der Waals surface area (Å²) in [5.74, 6) is 0.115. The molecule has 0 unspecified atom stereocenters. The van der Waals surface area contributed by atoms with Crippen LogP contribution in [0.15, 0.2) is 58.5 Å². The maximum absolute atomic E-state index is 13.6. The van der Waals surface area contributed by atoms with Gasteiger partial charge in [-0.05, 0) is 87.2 Å². The average molecular weight is 479 g/mol. The van der Waals surface area contributed by atoms with E-state index in [-0.39, 0.29) is 9.79 Å². The Morgan fingerprint density at radius 3 is 2.41 bits per heavy atom. The van der Waals surface area contributed by atoms with E-state index in [9.17, 15) is 18.1 Å². The molecule has 0 radical (unpaired) electrons. The molecular formula is C26H27FN4O2S. The van der Waals surface area contributed by atoms with E-state index in [0.29, 0.717) is 28.1 Å². The number of likely N-dealkylation sites (tertiary alicyclic amines) is 1. The Morgan fingerprint density at radius 2 is 1.74 bits per heavy atom. The number of nitriles is 1. The van der Waals surface area contributed by atoms with Crippen molar-refractivity contribution in [1.82, 2.24) is 9.88 Å². The number of fused-ring (bicyclic) bond motifs is 1. The average Bonchev–Trinajstić information content (AvgIpc) is 3.37. The van der Waals surface area contributed by atoms with Gasteiger partial charge in [-0.2, -0.15) is 5.26 Å². The number of piperidine rings is 1. The van der Waals surface area contributed by atoms with E-state index in [4.69, 9.17) is 0 Å². The quantitative estimate of drug-likeness (QED) is 0.506. The van der Waals surface area contributed by atoms with Crippen LogP contribution in [-0.4, -0.2) is 51.0 Å². The minimum absolute atomic E-state index is 0.0360. The van der Waals surface area contributed by atoms with Crippen LogP contribution in [0.25, 0.3) is 10.9 Å². The van der Waals surface area contributed by atoms with Crippen molar-refractivity contribution in [2.75, 3.05) is 37.6 Å². The van der Waals surface area contributed by atoms with Gasteiger partial charge in [0.1, 0.15) is 10.7 Å². The Bertz CT molecular complexity index is 1340. The molecule has 34 heavy (non-hydrogen) atoms. The first-order valence-electron chi connectivity index (χ1n) is 11.8. The fourth-order valence-electron chi connectivity index (χ4n) is 5.16. The molecule has 2 fully saturated rings. The first-order valence-corrected chi connectivity index (χ1v) is 13.2. The van der Waals surface area contributed by atoms with Crippen molar-refractivity contribution < 1.29 is 12.8 Å². The number of pyridine rings is 1. The first-order chi connectivity index (χ1) is 16.5. The molecule has 0 saturated carbocycles. The van der Waals surface area contributed by atoms with Crippen LogP contribution in [0.4, 0.5) is 10.1 Å². The molecule has 2 aliphatic heterocycles. The van der Waals surface area contributed by atoms with Crippen molar-refractivity contribution in [2.45, 2.75) is 35.5 Å². The van der Waals surface area contributed by atoms with E-state index in [1.54, 1.807) is 18.2 Å². The number of anilines is 1. The fourth-order valence-corrected chi connectivity index (χ4v) is 6.60. The molecule has 0 spiro atoms. The summed E-state index contributed by atoms with van der Waals surface area (Å²) in [7, 11) is -3.92. The van der Waals surface area contributed by atoms with Gasteiger partial charge >= 0.3 is 0 Å². The molecule has 0 bridgehead atoms. The molecule has 1 aromatic heterocycles. The van der Waals surface area contributed by atoms with Gasteiger partial charge in [0.05, 0.1) is 27.7 Å². The van der Waals surface area contributed by atoms with Crippen LogP contribution >= 0.6 is 0 Å². The topological polar surface area (TPSA) is 77.3 Å². The van der Waals surface area contributed by atoms with Crippen LogP contribution in [0.1, 0.15) is 31.2 Å². The molecule has 3 aromatic rings. The number of hydrogen-bond donors (Lipinski definition) is 0. The highest BCUT2D eigenvalue weighted by Crippen LogP contribution is 2.38. The number of aromatic nitrogens is 1. The lowest BCUT2D eigenvalue weighted by molar-refractivity contribution is 0.249. The molecule has 8 heteroatoms. The molecule has 0 N–H and O–H groups in total. The Kier molecular flexibility index (Phi) is 6.24. The summed E-state index contributed by atoms with van der Waals surface area (Å²) in [5.41, 5.74) is 1.69. The number of benzene rings is 2. The summed E-state index contributed by atoms with van der Waals surface area (Å²) < 4.78 is 40.7. The summed E-state index contributed by atoms with van der Waals surface area (Å²) >= 11 is 0. The Labute approximate surface area is 199 Å². The third-order valence-electron chi connectivity index (χ3n) is 7.00. The second-order valence-corrected chi connectivity index (χ2v) is 11.1. The zero-order chi connectivity index (χ0) is 23.7. The second-order valence-electron chi connectivity index (χ2n) is 9.21. The van der Waals surface area contributed by atoms with Crippen LogP contribution in [-0.2, 0) is 9.84 Å². The molecule has 2 aromatic carbocycles. The van der Waals surface area contributed by atoms with Crippen LogP contribution in [0.5, 0.6) is 0 Å². The lowest BCUT2D eigenvalue weighted by atomic mass is 9.95. The van der Waals surface area contributed by atoms with Crippen molar-refractivity contribution in [3.8, 4) is 6.07 Å². The molecule has 0 aliphatic carbocycles. The predicted molar refractivity (Wildman–Crippen MR) is 129 cm³/mol. The van der Waals surface area contributed by atoms with Crippen LogP contribution < -0.4 is 4.90 Å². The van der Waals surface area contributed by atoms with Gasteiger partial charge in [-0.25, -0.2) is 12.8 Å². The minimum Gasteiger partial charge on any atom is -0.370 e. The Morgan fingerprint density at radius 1 is 1.03 bits per heavy atom. The SMILES string of the molecule is N#Cc1ccc2c(N3CCC(CN4CCCC4)CC3)c(S(=O)(=O)c3ccc(F)cc3)cnc2c1. The van der Waals surface area contributed by atoms with Crippen molar-refractivity contribution >= 4 is 26.4 Å². The van der Waals surface area contributed by atoms with Gasteiger partial charge in [-0.1, -0.05) is 0 Å². The predicted octanol–water partition coefficient (Wildman–Crippen LogP) is 4.39. The van der Waals surface area contributed by atoms with E-state index in [2.05, 4.69) is 20.9 Å². The monoisotopic (exact) mass is 478 g/mol. The highest BCUT2D eigenvalue weighted by molar-refractivity contribution is 7.91. The summed E-state index contributed by atoms with van der Waals surface area (Å²) in [4.78, 5) is 9.24. The lowest BCUT2D eigenvalue weighted by Crippen LogP contribution is -2.38. The van der Waals surface area contributed by atoms with E-state index in [0.717, 1.165) is 44.6 Å². The standard InChI is InChI=1S/C26H27FN4O2S/c27-21-4-6-22(7-5-21)34(32,33)25-17-29-24-15-20(16-28)3-8-23(24)26(25)31-13-9-19(10-14-31)18-30-11-1-2-12-30/h3-8,15,17,19H,1-2,9-14,18H2. The number of hydrogen-bond acceptors (Lipinski definition) is 6. The number of sulfone groups is 1. The van der Waals surface area contributed by atoms with Gasteiger partial charge in [0.25, 0.3) is 0 Å². The van der Waals surface area contributed by atoms with Gasteiger partial charge < -0.3 is 9.80 Å². The Hall–Kier alpha value is -3.02. The van der Waals surface area contributed by atoms with Crippen molar-refractivity contribution in [3.63, 3.8) is 0 Å². The molecule has 176 valence electrons. The summed E-state index contributed by atoms with van der Waals surface area (Å²) in [6.45, 7) is 4.97. The van der Waals surface area contributed by atoms with Crippen LogP contribution in [0.3, 0.4) is 0 Å². The second kappa shape index (κ2) is 9.32. The number of rotatable bonds is 5. The summed E-state index contributed by atoms with van der Waals surface area (Å²) in [5, 5.41) is 10.0. The molecule has 5 rings (SSSR count). The van der Waals surface area contributed by atoms with Gasteiger partial charge in [0, 0.05) is 31.2 Å². The van der Waals surface area contributed by atoms with E-state index in [1.165, 1.54) is 44.3 Å². The van der Waals surface area contributed by atoms with Crippen molar-refractivity contribution in [3.05, 3.63) is 60.0 Å². The van der Waals surface area contributed by atoms with Crippen LogP contribution in [0.2, 0.25) is 0 Å². The third-order valence-corrected chi connectivity index (χ3v) is 8.77. The third kappa shape index (κ3) is 4.38. The maximum Gasteiger partial charge on any atom is 0.210 e. The van der Waals surface area contributed by atoms with E-state index in [1.807, 2.05) is 0 Å². The Balaban J connectivity index is 1.53. The van der Waals surface area contributed by atoms with Crippen LogP contribution in [0, 0.1) is 23.1 Å². The van der Waals surface area contributed by atoms with Gasteiger partial charge in [-0.3, -0.25) is 4.98 Å². The smallest absolute Gasteiger partial charge is 0.210 e. The largest absolute Gasteiger partial charge is 0.370 e. The van der Waals surface area contributed by atoms with Crippen molar-refractivity contribution in [2.24, 2.45) is 5.92 Å². The van der Waals surface area contributed by atoms with Gasteiger partial charge in [0.15, 0.2) is 0 Å². The summed E-state index contributed by atoms with van der Waals surface area (Å²) in [6, 6.07) is 12.2. The molecule has 6 nitrogen and oxygen atoms in total. The first kappa shape index (κ1) is 22.8. The lowest BCUT2D eigenvalue weighted by Gasteiger charge is -2.36. The molecule has 2 saturated heterocycles. The highest BCUT2D eigenvalue weighted by atomic mass is 32.2. The molecule has 2 aliphatic rings. The summed E-state index contributed by atoms with van der Waals surface area (Å²) in [6.07, 6.45) is 5.92. The maximum atomic E-state index is 13.6. The fraction of sp³-hybridized carbons (Fsp3) is 0.385. The van der Waals surface area contributed by atoms with E-state index < -0.39 is 15.7 Å². The normalized spacial score (nSPS) is 17.8. The zero-order valence-corrected chi connectivity index (χ0v) is 19.8. The zero-order valence-electron chi connectivity index (χ0n) is 19.0. The molecule has 3 heterocycles. The van der Waals surface area contributed by atoms with E-state index >= 15 is 0 Å². The highest BCUT2D eigenvalue weighted by Gasteiger charge is 2.30.